The molecule has 190 valence electrons. The molecule has 0 saturated heterocycles. The minimum atomic E-state index is -0.329. The highest BCUT2D eigenvalue weighted by Crippen LogP contribution is 2.34. The van der Waals surface area contributed by atoms with Crippen molar-refractivity contribution in [3.05, 3.63) is 75.4 Å². The van der Waals surface area contributed by atoms with Crippen molar-refractivity contribution in [1.29, 1.82) is 0 Å². The van der Waals surface area contributed by atoms with Crippen molar-refractivity contribution in [2.24, 2.45) is 0 Å². The molecule has 0 aliphatic carbocycles. The Kier molecular flexibility index (Phi) is 8.72. The zero-order valence-electron chi connectivity index (χ0n) is 20.4. The maximum Gasteiger partial charge on any atom is 0.322 e. The molecule has 0 radical (unpaired) electrons. The van der Waals surface area contributed by atoms with Gasteiger partial charge < -0.3 is 24.6 Å². The number of ether oxygens (including phenoxy) is 2. The van der Waals surface area contributed by atoms with Crippen molar-refractivity contribution >= 4 is 40.6 Å². The lowest BCUT2D eigenvalue weighted by molar-refractivity contribution is -0.135. The molecule has 4 rings (SSSR count). The van der Waals surface area contributed by atoms with Crippen molar-refractivity contribution in [3.8, 4) is 11.5 Å². The number of hydrogen-bond donors (Lipinski definition) is 1. The number of benzene rings is 2. The van der Waals surface area contributed by atoms with E-state index >= 15 is 0 Å². The normalized spacial score (nSPS) is 14.6. The molecule has 2 heterocycles. The van der Waals surface area contributed by atoms with E-state index in [0.717, 1.165) is 18.4 Å². The third-order valence-electron chi connectivity index (χ3n) is 6.05. The summed E-state index contributed by atoms with van der Waals surface area (Å²) in [5.74, 6) is 1.28. The van der Waals surface area contributed by atoms with Gasteiger partial charge in [0.15, 0.2) is 0 Å². The number of rotatable bonds is 9. The first kappa shape index (κ1) is 25.9. The van der Waals surface area contributed by atoms with E-state index in [9.17, 15) is 9.59 Å². The fourth-order valence-corrected chi connectivity index (χ4v) is 5.40. The van der Waals surface area contributed by atoms with E-state index in [0.29, 0.717) is 41.9 Å². The summed E-state index contributed by atoms with van der Waals surface area (Å²) in [7, 11) is 1.61. The number of fused-ring (bicyclic) bond motifs is 1. The monoisotopic (exact) mass is 527 g/mol. The first-order valence-corrected chi connectivity index (χ1v) is 13.2. The van der Waals surface area contributed by atoms with Crippen LogP contribution in [-0.2, 0) is 11.2 Å². The van der Waals surface area contributed by atoms with Gasteiger partial charge in [-0.3, -0.25) is 4.79 Å². The summed E-state index contributed by atoms with van der Waals surface area (Å²) < 4.78 is 11.4. The van der Waals surface area contributed by atoms with Crippen LogP contribution in [0, 0.1) is 0 Å². The van der Waals surface area contributed by atoms with E-state index in [4.69, 9.17) is 21.1 Å². The molecule has 3 amide bonds. The van der Waals surface area contributed by atoms with Crippen LogP contribution < -0.4 is 14.8 Å². The second-order valence-electron chi connectivity index (χ2n) is 8.50. The predicted octanol–water partition coefficient (Wildman–Crippen LogP) is 5.86. The third-order valence-corrected chi connectivity index (χ3v) is 7.28. The number of hydrogen-bond acceptors (Lipinski definition) is 5. The van der Waals surface area contributed by atoms with Gasteiger partial charge in [-0.1, -0.05) is 30.7 Å². The van der Waals surface area contributed by atoms with Crippen LogP contribution in [0.3, 0.4) is 0 Å². The molecular formula is C27H30ClN3O4S. The summed E-state index contributed by atoms with van der Waals surface area (Å²) in [5.41, 5.74) is 1.69. The molecule has 0 fully saturated rings. The van der Waals surface area contributed by atoms with Crippen molar-refractivity contribution in [3.63, 3.8) is 0 Å². The molecule has 0 unspecified atom stereocenters. The van der Waals surface area contributed by atoms with Crippen molar-refractivity contribution in [1.82, 2.24) is 9.80 Å². The molecule has 0 spiro atoms. The van der Waals surface area contributed by atoms with Crippen LogP contribution in [0.4, 0.5) is 10.5 Å². The van der Waals surface area contributed by atoms with Crippen LogP contribution in [-0.4, -0.2) is 55.1 Å². The van der Waals surface area contributed by atoms with Gasteiger partial charge in [0.1, 0.15) is 24.7 Å². The van der Waals surface area contributed by atoms with Gasteiger partial charge in [-0.05, 0) is 60.2 Å². The van der Waals surface area contributed by atoms with Crippen molar-refractivity contribution in [2.75, 3.05) is 38.7 Å². The van der Waals surface area contributed by atoms with E-state index in [1.54, 1.807) is 47.6 Å². The summed E-state index contributed by atoms with van der Waals surface area (Å²) in [6.07, 6.45) is 1.52. The Morgan fingerprint density at radius 1 is 1.17 bits per heavy atom. The van der Waals surface area contributed by atoms with Crippen LogP contribution in [0.5, 0.6) is 11.5 Å². The Hall–Kier alpha value is -3.23. The Morgan fingerprint density at radius 3 is 2.75 bits per heavy atom. The summed E-state index contributed by atoms with van der Waals surface area (Å²) in [5, 5.41) is 5.44. The maximum absolute atomic E-state index is 13.6. The Bertz CT molecular complexity index is 1200. The van der Waals surface area contributed by atoms with Crippen LogP contribution >= 0.6 is 22.9 Å². The number of amides is 3. The van der Waals surface area contributed by atoms with Gasteiger partial charge in [0.25, 0.3) is 0 Å². The molecule has 1 aliphatic rings. The number of halogens is 1. The average Bonchev–Trinajstić information content (AvgIpc) is 3.36. The second-order valence-corrected chi connectivity index (χ2v) is 9.94. The molecule has 9 heteroatoms. The minimum absolute atomic E-state index is 0.0185. The Labute approximate surface area is 220 Å². The first-order chi connectivity index (χ1) is 17.5. The minimum Gasteiger partial charge on any atom is -0.497 e. The molecule has 0 saturated carbocycles. The molecule has 1 N–H and O–H groups in total. The number of nitrogens with one attached hydrogen (secondary N) is 1. The third kappa shape index (κ3) is 6.30. The lowest BCUT2D eigenvalue weighted by Gasteiger charge is -2.37. The smallest absolute Gasteiger partial charge is 0.322 e. The van der Waals surface area contributed by atoms with Gasteiger partial charge in [0, 0.05) is 34.7 Å². The predicted molar refractivity (Wildman–Crippen MR) is 143 cm³/mol. The van der Waals surface area contributed by atoms with E-state index in [2.05, 4.69) is 16.8 Å². The van der Waals surface area contributed by atoms with Crippen LogP contribution in [0.15, 0.2) is 60.0 Å². The highest BCUT2D eigenvalue weighted by Gasteiger charge is 2.33. The number of carbonyl (C=O) groups excluding carboxylic acids is 2. The highest BCUT2D eigenvalue weighted by atomic mass is 35.5. The fourth-order valence-electron chi connectivity index (χ4n) is 4.29. The number of methoxy groups -OCH3 is 1. The summed E-state index contributed by atoms with van der Waals surface area (Å²) in [4.78, 5) is 31.2. The van der Waals surface area contributed by atoms with E-state index < -0.39 is 0 Å². The quantitative estimate of drug-likeness (QED) is 0.378. The van der Waals surface area contributed by atoms with Gasteiger partial charge in [-0.15, -0.1) is 11.3 Å². The van der Waals surface area contributed by atoms with Gasteiger partial charge in [-0.2, -0.15) is 0 Å². The van der Waals surface area contributed by atoms with Gasteiger partial charge in [-0.25, -0.2) is 4.79 Å². The van der Waals surface area contributed by atoms with Gasteiger partial charge in [0.05, 0.1) is 13.2 Å². The molecule has 2 aromatic carbocycles. The topological polar surface area (TPSA) is 71.1 Å². The van der Waals surface area contributed by atoms with E-state index in [-0.39, 0.29) is 24.5 Å². The first-order valence-electron chi connectivity index (χ1n) is 11.9. The number of thiophene rings is 1. The second kappa shape index (κ2) is 12.1. The van der Waals surface area contributed by atoms with Gasteiger partial charge >= 0.3 is 6.03 Å². The molecule has 1 atom stereocenters. The summed E-state index contributed by atoms with van der Waals surface area (Å²) in [6, 6.07) is 15.9. The number of urea groups is 1. The lowest BCUT2D eigenvalue weighted by Crippen LogP contribution is -2.48. The molecule has 36 heavy (non-hydrogen) atoms. The zero-order chi connectivity index (χ0) is 25.5. The highest BCUT2D eigenvalue weighted by molar-refractivity contribution is 7.10. The summed E-state index contributed by atoms with van der Waals surface area (Å²) in [6.45, 7) is 3.31. The SMILES string of the molecule is CCCN(CC(=O)N1CCc2sccc2[C@H]1COc1cccc(OC)c1)C(=O)Nc1cccc(Cl)c1. The van der Waals surface area contributed by atoms with Crippen LogP contribution in [0.25, 0.3) is 0 Å². The fraction of sp³-hybridized carbons (Fsp3) is 0.333. The maximum atomic E-state index is 13.6. The molecular weight excluding hydrogens is 498 g/mol. The lowest BCUT2D eigenvalue weighted by atomic mass is 10.0. The van der Waals surface area contributed by atoms with E-state index in [1.165, 1.54) is 4.88 Å². The number of nitrogens with zero attached hydrogens (tertiary/aromatic N) is 2. The molecule has 7 nitrogen and oxygen atoms in total. The Balaban J connectivity index is 1.48. The zero-order valence-corrected chi connectivity index (χ0v) is 22.0. The number of carbonyl (C=O) groups is 2. The van der Waals surface area contributed by atoms with Crippen molar-refractivity contribution in [2.45, 2.75) is 25.8 Å². The van der Waals surface area contributed by atoms with Crippen molar-refractivity contribution < 1.29 is 19.1 Å². The van der Waals surface area contributed by atoms with E-state index in [1.807, 2.05) is 36.1 Å². The van der Waals surface area contributed by atoms with Crippen LogP contribution in [0.1, 0.15) is 29.8 Å². The molecule has 1 aromatic heterocycles. The van der Waals surface area contributed by atoms with Gasteiger partial charge in [0.2, 0.25) is 5.91 Å². The number of anilines is 1. The molecule has 0 bridgehead atoms. The standard InChI is InChI=1S/C27H30ClN3O4S/c1-3-12-30(27(33)29-20-7-4-6-19(28)15-20)17-26(32)31-13-10-25-23(11-14-36-25)24(31)18-35-22-9-5-8-21(16-22)34-2/h4-9,11,14-16,24H,3,10,12-13,17-18H2,1-2H3,(H,29,33)/t24-/m1/s1. The molecule has 1 aliphatic heterocycles. The Morgan fingerprint density at radius 2 is 1.97 bits per heavy atom. The molecule has 3 aromatic rings. The largest absolute Gasteiger partial charge is 0.497 e. The average molecular weight is 528 g/mol. The van der Waals surface area contributed by atoms with Crippen LogP contribution in [0.2, 0.25) is 5.02 Å². The summed E-state index contributed by atoms with van der Waals surface area (Å²) >= 11 is 7.75.